The van der Waals surface area contributed by atoms with Crippen molar-refractivity contribution in [3.63, 3.8) is 0 Å². The van der Waals surface area contributed by atoms with Gasteiger partial charge in [-0.25, -0.2) is 0 Å². The number of benzene rings is 2. The van der Waals surface area contributed by atoms with Crippen LogP contribution >= 0.6 is 0 Å². The number of piperidine rings is 1. The number of aromatic amines is 1. The van der Waals surface area contributed by atoms with Gasteiger partial charge in [0, 0.05) is 55.3 Å². The molecule has 2 bridgehead atoms. The predicted octanol–water partition coefficient (Wildman–Crippen LogP) is 3.64. The van der Waals surface area contributed by atoms with Crippen molar-refractivity contribution >= 4 is 16.6 Å². The third kappa shape index (κ3) is 2.16. The molecule has 5 aliphatic rings. The van der Waals surface area contributed by atoms with Gasteiger partial charge in [0.2, 0.25) is 0 Å². The maximum Gasteiger partial charge on any atom is 0.166 e. The van der Waals surface area contributed by atoms with E-state index in [0.29, 0.717) is 12.2 Å². The number of hydrogen-bond acceptors (Lipinski definition) is 5. The molecular formula is C28H31N3O3. The number of phenolic OH excluding ortho intramolecular Hbond substituents is 1. The Labute approximate surface area is 199 Å². The van der Waals surface area contributed by atoms with Gasteiger partial charge in [-0.1, -0.05) is 6.07 Å². The molecule has 0 unspecified atom stereocenters. The fourth-order valence-electron chi connectivity index (χ4n) is 7.89. The highest BCUT2D eigenvalue weighted by molar-refractivity contribution is 5.89. The van der Waals surface area contributed by atoms with E-state index in [1.165, 1.54) is 29.4 Å². The van der Waals surface area contributed by atoms with Crippen LogP contribution in [-0.4, -0.2) is 58.9 Å². The highest BCUT2D eigenvalue weighted by atomic mass is 16.5. The van der Waals surface area contributed by atoms with E-state index in [1.54, 1.807) is 6.07 Å². The molecule has 176 valence electrons. The maximum absolute atomic E-state index is 12.9. The number of nitrogens with zero attached hydrogens (tertiary/aromatic N) is 2. The second-order valence-electron chi connectivity index (χ2n) is 11.6. The summed E-state index contributed by atoms with van der Waals surface area (Å²) in [6.07, 6.45) is 4.58. The van der Waals surface area contributed by atoms with Crippen LogP contribution in [0.5, 0.6) is 11.5 Å². The number of nitrogens with one attached hydrogen (secondary N) is 1. The van der Waals surface area contributed by atoms with Crippen LogP contribution in [0.3, 0.4) is 0 Å². The van der Waals surface area contributed by atoms with Crippen LogP contribution in [-0.2, 0) is 18.3 Å². The molecule has 1 aromatic heterocycles. The van der Waals surface area contributed by atoms with Gasteiger partial charge in [-0.3, -0.25) is 4.90 Å². The molecule has 3 aromatic rings. The zero-order chi connectivity index (χ0) is 23.0. The van der Waals surface area contributed by atoms with Crippen molar-refractivity contribution in [3.05, 3.63) is 52.7 Å². The largest absolute Gasteiger partial charge is 0.504 e. The van der Waals surface area contributed by atoms with Gasteiger partial charge < -0.3 is 24.8 Å². The summed E-state index contributed by atoms with van der Waals surface area (Å²) in [6, 6.07) is 10.4. The molecule has 1 spiro atoms. The number of hydrogen-bond donors (Lipinski definition) is 3. The van der Waals surface area contributed by atoms with Gasteiger partial charge in [0.25, 0.3) is 0 Å². The first-order chi connectivity index (χ1) is 16.4. The average molecular weight is 458 g/mol. The van der Waals surface area contributed by atoms with Gasteiger partial charge in [-0.15, -0.1) is 0 Å². The van der Waals surface area contributed by atoms with Crippen LogP contribution in [0.4, 0.5) is 5.69 Å². The Balaban J connectivity index is 1.39. The number of H-pyrrole nitrogens is 1. The third-order valence-electron chi connectivity index (χ3n) is 9.66. The molecule has 3 N–H and O–H groups in total. The van der Waals surface area contributed by atoms with E-state index in [2.05, 4.69) is 53.1 Å². The molecule has 1 saturated heterocycles. The molecule has 34 heavy (non-hydrogen) atoms. The first-order valence-electron chi connectivity index (χ1n) is 12.7. The summed E-state index contributed by atoms with van der Waals surface area (Å²) in [7, 11) is 4.12. The van der Waals surface area contributed by atoms with Crippen molar-refractivity contribution < 1.29 is 14.9 Å². The number of likely N-dealkylation sites (tertiary alicyclic amines) is 1. The summed E-state index contributed by atoms with van der Waals surface area (Å²) in [6.45, 7) is 2.05. The third-order valence-corrected chi connectivity index (χ3v) is 9.66. The molecule has 0 radical (unpaired) electrons. The molecule has 2 fully saturated rings. The van der Waals surface area contributed by atoms with E-state index in [9.17, 15) is 10.2 Å². The topological polar surface area (TPSA) is 72.0 Å². The number of aliphatic hydroxyl groups is 1. The van der Waals surface area contributed by atoms with E-state index in [-0.39, 0.29) is 17.9 Å². The Kier molecular flexibility index (Phi) is 3.51. The van der Waals surface area contributed by atoms with Crippen LogP contribution in [0.25, 0.3) is 10.9 Å². The Morgan fingerprint density at radius 2 is 2.06 bits per heavy atom. The molecule has 3 aliphatic carbocycles. The number of anilines is 1. The van der Waals surface area contributed by atoms with Crippen LogP contribution < -0.4 is 9.64 Å². The normalized spacial score (nSPS) is 32.9. The Morgan fingerprint density at radius 1 is 1.21 bits per heavy atom. The van der Waals surface area contributed by atoms with Gasteiger partial charge in [-0.05, 0) is 73.5 Å². The van der Waals surface area contributed by atoms with Crippen LogP contribution in [0.2, 0.25) is 0 Å². The summed E-state index contributed by atoms with van der Waals surface area (Å²) >= 11 is 0. The maximum atomic E-state index is 12.9. The molecule has 4 atom stereocenters. The lowest BCUT2D eigenvalue weighted by atomic mass is 9.49. The lowest BCUT2D eigenvalue weighted by molar-refractivity contribution is -0.173. The van der Waals surface area contributed by atoms with Crippen LogP contribution in [0.15, 0.2) is 30.3 Å². The summed E-state index contributed by atoms with van der Waals surface area (Å²) in [5, 5.41) is 24.9. The molecule has 2 aromatic carbocycles. The highest BCUT2D eigenvalue weighted by Gasteiger charge is 2.72. The number of fused-ring (bicyclic) bond motifs is 4. The van der Waals surface area contributed by atoms with Crippen molar-refractivity contribution in [2.24, 2.45) is 5.92 Å². The summed E-state index contributed by atoms with van der Waals surface area (Å²) in [5.41, 5.74) is 5.33. The summed E-state index contributed by atoms with van der Waals surface area (Å²) in [5.74, 6) is 1.56. The minimum atomic E-state index is -0.937. The van der Waals surface area contributed by atoms with Crippen LogP contribution in [0, 0.1) is 5.92 Å². The number of aromatic hydroxyl groups is 1. The molecule has 6 nitrogen and oxygen atoms in total. The van der Waals surface area contributed by atoms with Gasteiger partial charge >= 0.3 is 0 Å². The van der Waals surface area contributed by atoms with Crippen molar-refractivity contribution in [2.45, 2.75) is 55.3 Å². The first kappa shape index (κ1) is 19.6. The molecule has 6 heteroatoms. The SMILES string of the molecule is CN(C)c1ccc2[nH]c3c(c2c1)C[C@@]1(O)[C@H]2Cc4ccc(O)c5c4[C@@]1(CCN2CC1CC1)[C@H]3O5. The van der Waals surface area contributed by atoms with Gasteiger partial charge in [0.1, 0.15) is 0 Å². The Hall–Kier alpha value is -2.70. The van der Waals surface area contributed by atoms with E-state index in [0.717, 1.165) is 54.3 Å². The van der Waals surface area contributed by atoms with E-state index >= 15 is 0 Å². The predicted molar refractivity (Wildman–Crippen MR) is 131 cm³/mol. The van der Waals surface area contributed by atoms with Crippen molar-refractivity contribution in [1.82, 2.24) is 9.88 Å². The lowest BCUT2D eigenvalue weighted by Gasteiger charge is -2.62. The second kappa shape index (κ2) is 6.10. The van der Waals surface area contributed by atoms with E-state index in [1.807, 2.05) is 0 Å². The molecule has 0 amide bonds. The monoisotopic (exact) mass is 457 g/mol. The molecule has 3 heterocycles. The average Bonchev–Trinajstić information content (AvgIpc) is 3.45. The smallest absolute Gasteiger partial charge is 0.166 e. The van der Waals surface area contributed by atoms with E-state index < -0.39 is 11.0 Å². The molecular weight excluding hydrogens is 426 g/mol. The number of ether oxygens (including phenoxy) is 1. The zero-order valence-electron chi connectivity index (χ0n) is 19.8. The molecule has 8 rings (SSSR count). The lowest BCUT2D eigenvalue weighted by Crippen LogP contribution is -2.74. The number of rotatable bonds is 3. The van der Waals surface area contributed by atoms with Crippen molar-refractivity contribution in [2.75, 3.05) is 32.1 Å². The second-order valence-corrected chi connectivity index (χ2v) is 11.6. The first-order valence-corrected chi connectivity index (χ1v) is 12.7. The van der Waals surface area contributed by atoms with Gasteiger partial charge in [-0.2, -0.15) is 0 Å². The standard InChI is InChI=1S/C28H31N3O3/c1-30(2)17-6-7-20-18(12-17)19-13-28(33)22-11-16-5-8-21(32)25-23(16)27(28,26(34-25)24(19)29-20)9-10-31(22)14-15-3-4-15/h5-8,12,15,22,26,29,32-33H,3-4,9-11,13-14H2,1-2H3/t22-,26+,27+,28-/m1/s1. The van der Waals surface area contributed by atoms with Gasteiger partial charge in [0.15, 0.2) is 17.6 Å². The minimum absolute atomic E-state index is 0.0612. The molecule has 2 aliphatic heterocycles. The fourth-order valence-corrected chi connectivity index (χ4v) is 7.89. The molecule has 1 saturated carbocycles. The fraction of sp³-hybridized carbons (Fsp3) is 0.500. The van der Waals surface area contributed by atoms with Crippen molar-refractivity contribution in [3.8, 4) is 11.5 Å². The Bertz CT molecular complexity index is 1370. The Morgan fingerprint density at radius 3 is 2.85 bits per heavy atom. The zero-order valence-corrected chi connectivity index (χ0v) is 19.8. The highest BCUT2D eigenvalue weighted by Crippen LogP contribution is 2.69. The quantitative estimate of drug-likeness (QED) is 0.560. The summed E-state index contributed by atoms with van der Waals surface area (Å²) < 4.78 is 6.67. The number of aromatic nitrogens is 1. The summed E-state index contributed by atoms with van der Waals surface area (Å²) in [4.78, 5) is 8.39. The number of phenols is 1. The van der Waals surface area contributed by atoms with E-state index in [4.69, 9.17) is 4.74 Å². The minimum Gasteiger partial charge on any atom is -0.504 e. The van der Waals surface area contributed by atoms with Crippen LogP contribution in [0.1, 0.15) is 47.8 Å². The van der Waals surface area contributed by atoms with Crippen molar-refractivity contribution in [1.29, 1.82) is 0 Å². The van der Waals surface area contributed by atoms with Gasteiger partial charge in [0.05, 0.1) is 16.7 Å².